The van der Waals surface area contributed by atoms with Gasteiger partial charge in [-0.3, -0.25) is 9.59 Å². The van der Waals surface area contributed by atoms with Crippen molar-refractivity contribution in [2.75, 3.05) is 6.61 Å². The van der Waals surface area contributed by atoms with Crippen molar-refractivity contribution in [3.05, 3.63) is 0 Å². The normalized spacial score (nSPS) is 19.1. The van der Waals surface area contributed by atoms with Gasteiger partial charge in [0, 0.05) is 0 Å². The summed E-state index contributed by atoms with van der Waals surface area (Å²) in [6, 6.07) is -1.56. The molecule has 0 atom stereocenters. The molecule has 0 aromatic rings. The second-order valence-electron chi connectivity index (χ2n) is 2.58. The third kappa shape index (κ3) is 1.25. The van der Waals surface area contributed by atoms with Crippen molar-refractivity contribution < 1.29 is 18.7 Å². The van der Waals surface area contributed by atoms with Crippen molar-refractivity contribution in [1.29, 1.82) is 0 Å². The molecular weight excluding hydrogens is 151 g/mol. The van der Waals surface area contributed by atoms with Crippen molar-refractivity contribution >= 4 is 12.0 Å². The van der Waals surface area contributed by atoms with Gasteiger partial charge < -0.3 is 4.74 Å². The molecule has 0 saturated heterocycles. The average Bonchev–Trinajstić information content (AvgIpc) is 2.66. The van der Waals surface area contributed by atoms with E-state index in [2.05, 4.69) is 4.74 Å². The highest BCUT2D eigenvalue weighted by Gasteiger charge is 2.58. The maximum absolute atomic E-state index is 12.2. The molecule has 1 rings (SSSR count). The van der Waals surface area contributed by atoms with Crippen LogP contribution in [-0.2, 0) is 14.3 Å². The maximum atomic E-state index is 12.2. The molecule has 0 aliphatic heterocycles. The predicted octanol–water partition coefficient (Wildman–Crippen LogP) is 0.826. The molecule has 1 saturated carbocycles. The van der Waals surface area contributed by atoms with Gasteiger partial charge in [0.15, 0.2) is 5.41 Å². The van der Waals surface area contributed by atoms with Crippen molar-refractivity contribution in [2.24, 2.45) is 5.41 Å². The van der Waals surface area contributed by atoms with Gasteiger partial charge in [0.05, 0.1) is 6.61 Å². The van der Waals surface area contributed by atoms with Crippen LogP contribution in [0.5, 0.6) is 0 Å². The fourth-order valence-electron chi connectivity index (χ4n) is 0.875. The van der Waals surface area contributed by atoms with Gasteiger partial charge in [-0.25, -0.2) is 0 Å². The molecule has 0 spiro atoms. The third-order valence-corrected chi connectivity index (χ3v) is 1.79. The van der Waals surface area contributed by atoms with E-state index in [1.54, 1.807) is 6.92 Å². The zero-order valence-electron chi connectivity index (χ0n) is 6.22. The number of hydrogen-bond acceptors (Lipinski definition) is 3. The molecule has 62 valence electrons. The molecule has 0 N–H and O–H groups in total. The maximum Gasteiger partial charge on any atom is 0.322 e. The van der Waals surface area contributed by atoms with Crippen LogP contribution in [-0.4, -0.2) is 18.6 Å². The highest BCUT2D eigenvalue weighted by Crippen LogP contribution is 2.47. The summed E-state index contributed by atoms with van der Waals surface area (Å²) in [5.74, 6) is -0.715. The summed E-state index contributed by atoms with van der Waals surface area (Å²) in [5.41, 5.74) is -1.41. The second-order valence-corrected chi connectivity index (χ2v) is 2.58. The van der Waals surface area contributed by atoms with Crippen molar-refractivity contribution in [2.45, 2.75) is 19.8 Å². The number of hydrogen-bond donors (Lipinski definition) is 0. The SMILES string of the molecule is CCOC(=O)C1(C(=O)F)CC1. The Kier molecular flexibility index (Phi) is 1.93. The number of halogens is 1. The van der Waals surface area contributed by atoms with E-state index in [1.807, 2.05) is 0 Å². The zero-order chi connectivity index (χ0) is 8.48. The second kappa shape index (κ2) is 2.60. The number of carbonyl (C=O) groups excluding carboxylic acids is 2. The van der Waals surface area contributed by atoms with Crippen LogP contribution in [0.3, 0.4) is 0 Å². The van der Waals surface area contributed by atoms with Crippen molar-refractivity contribution in [1.82, 2.24) is 0 Å². The van der Waals surface area contributed by atoms with Gasteiger partial charge in [0.1, 0.15) is 0 Å². The number of carbonyl (C=O) groups is 2. The van der Waals surface area contributed by atoms with E-state index in [0.717, 1.165) is 0 Å². The lowest BCUT2D eigenvalue weighted by Crippen LogP contribution is -2.25. The first-order chi connectivity index (χ1) is 5.13. The first kappa shape index (κ1) is 8.17. The quantitative estimate of drug-likeness (QED) is 0.349. The standard InChI is InChI=1S/C7H9FO3/c1-2-11-6(10)7(3-4-7)5(8)9/h2-4H2,1H3. The van der Waals surface area contributed by atoms with E-state index < -0.39 is 17.4 Å². The minimum absolute atomic E-state index is 0.188. The van der Waals surface area contributed by atoms with E-state index in [4.69, 9.17) is 0 Å². The molecule has 4 heteroatoms. The van der Waals surface area contributed by atoms with Crippen molar-refractivity contribution in [3.63, 3.8) is 0 Å². The van der Waals surface area contributed by atoms with Gasteiger partial charge >= 0.3 is 12.0 Å². The molecule has 1 fully saturated rings. The molecule has 0 bridgehead atoms. The molecule has 0 radical (unpaired) electrons. The Morgan fingerprint density at radius 3 is 2.36 bits per heavy atom. The lowest BCUT2D eigenvalue weighted by molar-refractivity contribution is -0.157. The van der Waals surface area contributed by atoms with E-state index in [1.165, 1.54) is 0 Å². The molecule has 0 unspecified atom stereocenters. The van der Waals surface area contributed by atoms with Gasteiger partial charge in [-0.1, -0.05) is 0 Å². The largest absolute Gasteiger partial charge is 0.465 e. The molecule has 0 aromatic heterocycles. The van der Waals surface area contributed by atoms with Gasteiger partial charge in [0.2, 0.25) is 0 Å². The summed E-state index contributed by atoms with van der Waals surface area (Å²) in [6.07, 6.45) is 0.586. The first-order valence-corrected chi connectivity index (χ1v) is 3.50. The Morgan fingerprint density at radius 1 is 1.55 bits per heavy atom. The minimum Gasteiger partial charge on any atom is -0.465 e. The summed E-state index contributed by atoms with van der Waals surface area (Å²) in [6.45, 7) is 1.81. The van der Waals surface area contributed by atoms with Crippen LogP contribution >= 0.6 is 0 Å². The summed E-state index contributed by atoms with van der Waals surface area (Å²) < 4.78 is 16.7. The molecule has 3 nitrogen and oxygen atoms in total. The smallest absolute Gasteiger partial charge is 0.322 e. The Hall–Kier alpha value is -0.930. The fourth-order valence-corrected chi connectivity index (χ4v) is 0.875. The minimum atomic E-state index is -1.56. The lowest BCUT2D eigenvalue weighted by atomic mass is 10.1. The average molecular weight is 160 g/mol. The fraction of sp³-hybridized carbons (Fsp3) is 0.714. The monoisotopic (exact) mass is 160 g/mol. The van der Waals surface area contributed by atoms with Gasteiger partial charge in [-0.05, 0) is 19.8 Å². The van der Waals surface area contributed by atoms with Crippen LogP contribution in [0.1, 0.15) is 19.8 Å². The highest BCUT2D eigenvalue weighted by atomic mass is 19.1. The van der Waals surface area contributed by atoms with E-state index in [9.17, 15) is 14.0 Å². The highest BCUT2D eigenvalue weighted by molar-refractivity contribution is 6.02. The van der Waals surface area contributed by atoms with Crippen LogP contribution in [0.15, 0.2) is 0 Å². The van der Waals surface area contributed by atoms with Crippen molar-refractivity contribution in [3.8, 4) is 0 Å². The Morgan fingerprint density at radius 2 is 2.09 bits per heavy atom. The summed E-state index contributed by atoms with van der Waals surface area (Å²) in [5, 5.41) is 0. The first-order valence-electron chi connectivity index (χ1n) is 3.50. The van der Waals surface area contributed by atoms with Crippen LogP contribution in [0, 0.1) is 5.41 Å². The lowest BCUT2D eigenvalue weighted by Gasteiger charge is -2.06. The summed E-state index contributed by atoms with van der Waals surface area (Å²) >= 11 is 0. The van der Waals surface area contributed by atoms with Crippen LogP contribution in [0.4, 0.5) is 4.39 Å². The summed E-state index contributed by atoms with van der Waals surface area (Å²) in [7, 11) is 0. The molecule has 0 aromatic carbocycles. The van der Waals surface area contributed by atoms with Gasteiger partial charge in [-0.15, -0.1) is 0 Å². The number of rotatable bonds is 3. The van der Waals surface area contributed by atoms with Gasteiger partial charge in [0.25, 0.3) is 0 Å². The van der Waals surface area contributed by atoms with Crippen LogP contribution < -0.4 is 0 Å². The van der Waals surface area contributed by atoms with E-state index in [-0.39, 0.29) is 6.61 Å². The molecule has 0 amide bonds. The number of ether oxygens (including phenoxy) is 1. The van der Waals surface area contributed by atoms with E-state index >= 15 is 0 Å². The molecule has 1 aliphatic carbocycles. The topological polar surface area (TPSA) is 43.4 Å². The number of esters is 1. The molecule has 0 heterocycles. The Bertz CT molecular complexity index is 196. The predicted molar refractivity (Wildman–Crippen MR) is 34.4 cm³/mol. The van der Waals surface area contributed by atoms with Crippen LogP contribution in [0.25, 0.3) is 0 Å². The molecule has 11 heavy (non-hydrogen) atoms. The molecular formula is C7H9FO3. The summed E-state index contributed by atoms with van der Waals surface area (Å²) in [4.78, 5) is 21.2. The van der Waals surface area contributed by atoms with Gasteiger partial charge in [-0.2, -0.15) is 4.39 Å². The third-order valence-electron chi connectivity index (χ3n) is 1.79. The van der Waals surface area contributed by atoms with E-state index in [0.29, 0.717) is 12.8 Å². The molecule has 1 aliphatic rings. The Balaban J connectivity index is 2.58. The Labute approximate surface area is 63.5 Å². The zero-order valence-corrected chi connectivity index (χ0v) is 6.22. The van der Waals surface area contributed by atoms with Crippen LogP contribution in [0.2, 0.25) is 0 Å².